The van der Waals surface area contributed by atoms with E-state index < -0.39 is 11.8 Å². The summed E-state index contributed by atoms with van der Waals surface area (Å²) in [6, 6.07) is 16.0. The van der Waals surface area contributed by atoms with E-state index in [0.717, 1.165) is 16.9 Å². The van der Waals surface area contributed by atoms with E-state index in [1.54, 1.807) is 56.3 Å². The molecule has 0 radical (unpaired) electrons. The number of halogens is 2. The largest absolute Gasteiger partial charge is 0.489 e. The molecule has 9 heteroatoms. The maximum atomic E-state index is 12.9. The smallest absolute Gasteiger partial charge is 0.348 e. The lowest BCUT2D eigenvalue weighted by Gasteiger charge is -2.09. The van der Waals surface area contributed by atoms with E-state index in [0.29, 0.717) is 31.8 Å². The van der Waals surface area contributed by atoms with E-state index in [-0.39, 0.29) is 35.6 Å². The van der Waals surface area contributed by atoms with Crippen molar-refractivity contribution in [2.75, 3.05) is 6.61 Å². The Morgan fingerprint density at radius 3 is 2.58 bits per heavy atom. The topological polar surface area (TPSA) is 100 Å². The highest BCUT2D eigenvalue weighted by Gasteiger charge is 2.23. The van der Waals surface area contributed by atoms with Crippen molar-refractivity contribution in [3.8, 4) is 17.9 Å². The summed E-state index contributed by atoms with van der Waals surface area (Å²) < 4.78 is 10.8. The van der Waals surface area contributed by atoms with E-state index in [2.05, 4.69) is 6.07 Å². The molecule has 2 aromatic carbocycles. The summed E-state index contributed by atoms with van der Waals surface area (Å²) in [6.45, 7) is 3.74. The van der Waals surface area contributed by atoms with Crippen molar-refractivity contribution in [2.24, 2.45) is 0 Å². The fourth-order valence-electron chi connectivity index (χ4n) is 3.31. The number of rotatable bonds is 9. The van der Waals surface area contributed by atoms with Crippen molar-refractivity contribution in [3.63, 3.8) is 0 Å². The molecule has 1 aromatic heterocycles. The van der Waals surface area contributed by atoms with Crippen LogP contribution >= 0.6 is 34.5 Å². The molecule has 0 unspecified atom stereocenters. The molecule has 0 spiro atoms. The zero-order chi connectivity index (χ0) is 26.2. The van der Waals surface area contributed by atoms with Gasteiger partial charge in [0, 0.05) is 26.9 Å². The van der Waals surface area contributed by atoms with Gasteiger partial charge in [0.1, 0.15) is 29.4 Å². The first-order valence-electron chi connectivity index (χ1n) is 10.8. The Balaban J connectivity index is 1.78. The van der Waals surface area contributed by atoms with Crippen LogP contribution in [-0.4, -0.2) is 18.4 Å². The molecule has 1 heterocycles. The lowest BCUT2D eigenvalue weighted by Crippen LogP contribution is -2.05. The molecular formula is C27H20Cl2N2O4S. The Kier molecular flexibility index (Phi) is 9.27. The molecule has 0 amide bonds. The van der Waals surface area contributed by atoms with Gasteiger partial charge in [0.2, 0.25) is 0 Å². The molecule has 0 aliphatic rings. The van der Waals surface area contributed by atoms with Crippen LogP contribution in [-0.2, 0) is 22.6 Å². The Labute approximate surface area is 222 Å². The van der Waals surface area contributed by atoms with Gasteiger partial charge in [-0.15, -0.1) is 11.3 Å². The van der Waals surface area contributed by atoms with Gasteiger partial charge in [-0.3, -0.25) is 4.79 Å². The van der Waals surface area contributed by atoms with Gasteiger partial charge in [-0.05, 0) is 55.3 Å². The summed E-state index contributed by atoms with van der Waals surface area (Å²) in [7, 11) is 0. The normalized spacial score (nSPS) is 10.9. The molecule has 36 heavy (non-hydrogen) atoms. The number of thiophene rings is 1. The highest BCUT2D eigenvalue weighted by Crippen LogP contribution is 2.30. The van der Waals surface area contributed by atoms with E-state index in [4.69, 9.17) is 32.7 Å². The first kappa shape index (κ1) is 27.0. The SMILES string of the molecule is CCOC(=O)c1sc(CC(=O)/C(C#N)=C/c2cccc(OCc3ccc(Cl)cc3Cl)c2)c(C#N)c1C. The van der Waals surface area contributed by atoms with Gasteiger partial charge in [0.05, 0.1) is 17.7 Å². The number of esters is 1. The third-order valence-electron chi connectivity index (χ3n) is 5.11. The second-order valence-electron chi connectivity index (χ2n) is 7.55. The highest BCUT2D eigenvalue weighted by molar-refractivity contribution is 7.14. The van der Waals surface area contributed by atoms with Crippen LogP contribution in [0.1, 0.15) is 43.7 Å². The number of benzene rings is 2. The van der Waals surface area contributed by atoms with Gasteiger partial charge < -0.3 is 9.47 Å². The van der Waals surface area contributed by atoms with Crippen LogP contribution in [0.25, 0.3) is 6.08 Å². The van der Waals surface area contributed by atoms with Crippen LogP contribution in [0.15, 0.2) is 48.0 Å². The summed E-state index contributed by atoms with van der Waals surface area (Å²) in [4.78, 5) is 25.8. The van der Waals surface area contributed by atoms with Crippen LogP contribution in [0, 0.1) is 29.6 Å². The first-order chi connectivity index (χ1) is 17.3. The van der Waals surface area contributed by atoms with Crippen molar-refractivity contribution in [3.05, 3.63) is 90.1 Å². The lowest BCUT2D eigenvalue weighted by atomic mass is 10.0. The second kappa shape index (κ2) is 12.4. The molecule has 6 nitrogen and oxygen atoms in total. The fraction of sp³-hybridized carbons (Fsp3) is 0.185. The quantitative estimate of drug-likeness (QED) is 0.170. The maximum absolute atomic E-state index is 12.9. The molecule has 0 saturated carbocycles. The molecule has 3 aromatic rings. The average molecular weight is 539 g/mol. The third-order valence-corrected chi connectivity index (χ3v) is 6.97. The van der Waals surface area contributed by atoms with E-state index in [9.17, 15) is 20.1 Å². The molecular weight excluding hydrogens is 519 g/mol. The monoisotopic (exact) mass is 538 g/mol. The van der Waals surface area contributed by atoms with E-state index in [1.165, 1.54) is 6.08 Å². The number of carbonyl (C=O) groups is 2. The number of ketones is 1. The molecule has 0 aliphatic heterocycles. The maximum Gasteiger partial charge on any atom is 0.348 e. The lowest BCUT2D eigenvalue weighted by molar-refractivity contribution is -0.114. The fourth-order valence-corrected chi connectivity index (χ4v) is 4.92. The van der Waals surface area contributed by atoms with Crippen molar-refractivity contribution >= 4 is 52.4 Å². The summed E-state index contributed by atoms with van der Waals surface area (Å²) >= 11 is 13.2. The zero-order valence-corrected chi connectivity index (χ0v) is 21.8. The molecule has 0 aliphatic carbocycles. The van der Waals surface area contributed by atoms with Crippen LogP contribution in [0.5, 0.6) is 5.75 Å². The molecule has 0 saturated heterocycles. The minimum atomic E-state index is -0.539. The number of Topliss-reactive ketones (excluding diaryl/α,β-unsaturated/α-hetero) is 1. The van der Waals surface area contributed by atoms with Crippen molar-refractivity contribution in [2.45, 2.75) is 26.9 Å². The van der Waals surface area contributed by atoms with E-state index in [1.807, 2.05) is 6.07 Å². The van der Waals surface area contributed by atoms with Gasteiger partial charge >= 0.3 is 5.97 Å². The summed E-state index contributed by atoms with van der Waals surface area (Å²) in [6.07, 6.45) is 1.28. The minimum absolute atomic E-state index is 0.0828. The van der Waals surface area contributed by atoms with Crippen LogP contribution in [0.3, 0.4) is 0 Å². The van der Waals surface area contributed by atoms with Gasteiger partial charge in [-0.2, -0.15) is 10.5 Å². The number of hydrogen-bond acceptors (Lipinski definition) is 7. The summed E-state index contributed by atoms with van der Waals surface area (Å²) in [5.74, 6) is -0.480. The predicted molar refractivity (Wildman–Crippen MR) is 139 cm³/mol. The number of hydrogen-bond donors (Lipinski definition) is 0. The third kappa shape index (κ3) is 6.53. The zero-order valence-electron chi connectivity index (χ0n) is 19.4. The van der Waals surface area contributed by atoms with Gasteiger partial charge in [0.15, 0.2) is 5.78 Å². The van der Waals surface area contributed by atoms with Crippen LogP contribution in [0.2, 0.25) is 10.0 Å². The number of nitrogens with zero attached hydrogens (tertiary/aromatic N) is 2. The first-order valence-corrected chi connectivity index (χ1v) is 12.4. The van der Waals surface area contributed by atoms with Gasteiger partial charge in [-0.1, -0.05) is 41.4 Å². The van der Waals surface area contributed by atoms with Crippen LogP contribution in [0.4, 0.5) is 0 Å². The number of nitriles is 2. The molecule has 0 atom stereocenters. The number of ether oxygens (including phenoxy) is 2. The van der Waals surface area contributed by atoms with E-state index >= 15 is 0 Å². The predicted octanol–water partition coefficient (Wildman–Crippen LogP) is 6.71. The molecule has 0 N–H and O–H groups in total. The number of carbonyl (C=O) groups excluding carboxylic acids is 2. The molecule has 3 rings (SSSR count). The minimum Gasteiger partial charge on any atom is -0.489 e. The Bertz CT molecular complexity index is 1430. The Hall–Kier alpha value is -3.62. The van der Waals surface area contributed by atoms with Gasteiger partial charge in [0.25, 0.3) is 0 Å². The van der Waals surface area contributed by atoms with Crippen molar-refractivity contribution < 1.29 is 19.1 Å². The number of allylic oxidation sites excluding steroid dienone is 1. The summed E-state index contributed by atoms with van der Waals surface area (Å²) in [5, 5.41) is 20.2. The molecule has 0 bridgehead atoms. The molecule has 182 valence electrons. The summed E-state index contributed by atoms with van der Waals surface area (Å²) in [5.41, 5.74) is 1.99. The highest BCUT2D eigenvalue weighted by atomic mass is 35.5. The van der Waals surface area contributed by atoms with Crippen LogP contribution < -0.4 is 4.74 Å². The Morgan fingerprint density at radius 2 is 1.92 bits per heavy atom. The van der Waals surface area contributed by atoms with Gasteiger partial charge in [-0.25, -0.2) is 4.79 Å². The standard InChI is InChI=1S/C27H20Cl2N2O4S/c1-3-34-27(33)26-16(2)22(14-31)25(36-26)12-24(32)19(13-30)9-17-5-4-6-21(10-17)35-15-18-7-8-20(28)11-23(18)29/h4-11H,3,12,15H2,1-2H3/b19-9+. The van der Waals surface area contributed by atoms with Crippen molar-refractivity contribution in [1.29, 1.82) is 10.5 Å². The second-order valence-corrected chi connectivity index (χ2v) is 9.50. The van der Waals surface area contributed by atoms with Crippen molar-refractivity contribution in [1.82, 2.24) is 0 Å². The average Bonchev–Trinajstić information content (AvgIpc) is 3.17. The Morgan fingerprint density at radius 1 is 1.14 bits per heavy atom. The molecule has 0 fully saturated rings.